The highest BCUT2D eigenvalue weighted by Gasteiger charge is 2.44. The molecule has 0 saturated heterocycles. The van der Waals surface area contributed by atoms with Gasteiger partial charge in [-0.15, -0.1) is 0 Å². The zero-order valence-corrected chi connectivity index (χ0v) is 22.4. The van der Waals surface area contributed by atoms with Crippen LogP contribution in [-0.2, 0) is 15.1 Å². The van der Waals surface area contributed by atoms with Crippen molar-refractivity contribution in [3.8, 4) is 0 Å². The van der Waals surface area contributed by atoms with Gasteiger partial charge in [0, 0.05) is 22.8 Å². The van der Waals surface area contributed by atoms with Gasteiger partial charge in [0.05, 0.1) is 17.1 Å². The second-order valence-corrected chi connectivity index (χ2v) is 15.2. The molecule has 35 heavy (non-hydrogen) atoms. The zero-order chi connectivity index (χ0) is 24.7. The molecule has 1 unspecified atom stereocenters. The molecule has 0 bridgehead atoms. The van der Waals surface area contributed by atoms with Gasteiger partial charge in [-0.1, -0.05) is 85.5 Å². The van der Waals surface area contributed by atoms with E-state index in [0.717, 1.165) is 36.1 Å². The lowest BCUT2D eigenvalue weighted by Gasteiger charge is -2.36. The standard InChI is InChI=1S/C26H33N2O4PS2/c1-33(32-19-21-9-5-6-10-21,35-24-15-13-23(14-16-24)28(30)31)27-26(17-7-8-18-26)25(29)34-20-22-11-3-2-4-12-22/h2-4,11-16,21,27H,1,5-10,17-20H2. The summed E-state index contributed by atoms with van der Waals surface area (Å²) in [6.07, 6.45) is 12.9. The molecule has 2 aliphatic rings. The Balaban J connectivity index is 1.52. The largest absolute Gasteiger partial charge is 0.338 e. The van der Waals surface area contributed by atoms with Gasteiger partial charge < -0.3 is 4.52 Å². The molecule has 2 aliphatic carbocycles. The summed E-state index contributed by atoms with van der Waals surface area (Å²) in [5, 5.41) is 14.9. The van der Waals surface area contributed by atoms with Gasteiger partial charge in [0.25, 0.3) is 5.69 Å². The lowest BCUT2D eigenvalue weighted by Crippen LogP contribution is -2.46. The summed E-state index contributed by atoms with van der Waals surface area (Å²) in [5.74, 6) is 1.17. The van der Waals surface area contributed by atoms with Crippen LogP contribution in [0.5, 0.6) is 0 Å². The van der Waals surface area contributed by atoms with E-state index < -0.39 is 16.9 Å². The number of nitrogens with one attached hydrogen (secondary N) is 1. The molecule has 0 aromatic heterocycles. The Labute approximate surface area is 216 Å². The Morgan fingerprint density at radius 1 is 1.09 bits per heavy atom. The van der Waals surface area contributed by atoms with E-state index in [0.29, 0.717) is 18.3 Å². The van der Waals surface area contributed by atoms with Crippen LogP contribution in [0.3, 0.4) is 0 Å². The molecule has 0 radical (unpaired) electrons. The van der Waals surface area contributed by atoms with Crippen molar-refractivity contribution in [2.45, 2.75) is 67.6 Å². The summed E-state index contributed by atoms with van der Waals surface area (Å²) in [4.78, 5) is 25.1. The molecule has 1 atom stereocenters. The highest BCUT2D eigenvalue weighted by molar-refractivity contribution is 8.58. The molecule has 0 aliphatic heterocycles. The number of hydrogen-bond donors (Lipinski definition) is 1. The van der Waals surface area contributed by atoms with Gasteiger partial charge in [-0.25, -0.2) is 0 Å². The number of benzene rings is 2. The molecule has 188 valence electrons. The van der Waals surface area contributed by atoms with Crippen molar-refractivity contribution >= 4 is 46.7 Å². The number of nitro groups is 1. The molecular formula is C26H33N2O4PS2. The molecule has 0 spiro atoms. The van der Waals surface area contributed by atoms with Crippen LogP contribution in [0, 0.1) is 16.0 Å². The van der Waals surface area contributed by atoms with Crippen LogP contribution in [0.2, 0.25) is 0 Å². The third-order valence-electron chi connectivity index (χ3n) is 6.74. The molecule has 2 fully saturated rings. The maximum absolute atomic E-state index is 13.6. The molecule has 2 saturated carbocycles. The number of nitrogens with zero attached hydrogens (tertiary/aromatic N) is 1. The minimum Gasteiger partial charge on any atom is -0.338 e. The summed E-state index contributed by atoms with van der Waals surface area (Å²) in [6, 6.07) is 16.6. The molecule has 2 aromatic rings. The van der Waals surface area contributed by atoms with Crippen molar-refractivity contribution in [3.05, 3.63) is 70.3 Å². The van der Waals surface area contributed by atoms with Gasteiger partial charge in [0.15, 0.2) is 0 Å². The summed E-state index contributed by atoms with van der Waals surface area (Å²) in [6.45, 7) is -1.90. The molecule has 4 rings (SSSR count). The SMILES string of the molecule is C=P(NC1(C(=O)SCc2ccccc2)CCCC1)(OCC1CCCC1)Sc1ccc([N+](=O)[O-])cc1. The minimum absolute atomic E-state index is 0.0573. The van der Waals surface area contributed by atoms with Crippen molar-refractivity contribution in [2.24, 2.45) is 5.92 Å². The van der Waals surface area contributed by atoms with E-state index in [2.05, 4.69) is 11.4 Å². The van der Waals surface area contributed by atoms with Crippen LogP contribution in [0.15, 0.2) is 59.5 Å². The van der Waals surface area contributed by atoms with Gasteiger partial charge in [-0.05, 0) is 49.3 Å². The van der Waals surface area contributed by atoms with Gasteiger partial charge >= 0.3 is 0 Å². The van der Waals surface area contributed by atoms with E-state index in [1.54, 1.807) is 12.1 Å². The number of hydrogen-bond acceptors (Lipinski definition) is 7. The number of carbonyl (C=O) groups is 1. The number of nitro benzene ring substituents is 1. The molecule has 6 nitrogen and oxygen atoms in total. The molecule has 0 amide bonds. The third-order valence-corrected chi connectivity index (χ3v) is 12.1. The summed E-state index contributed by atoms with van der Waals surface area (Å²) in [7, 11) is 0. The normalized spacial score (nSPS) is 19.4. The fourth-order valence-corrected chi connectivity index (χ4v) is 10.5. The second-order valence-electron chi connectivity index (χ2n) is 9.42. The zero-order valence-electron chi connectivity index (χ0n) is 19.9. The first-order valence-electron chi connectivity index (χ1n) is 12.2. The Morgan fingerprint density at radius 2 is 1.74 bits per heavy atom. The summed E-state index contributed by atoms with van der Waals surface area (Å²) in [5.41, 5.74) is 0.535. The molecule has 1 N–H and O–H groups in total. The Morgan fingerprint density at radius 3 is 2.37 bits per heavy atom. The third kappa shape index (κ3) is 7.23. The van der Waals surface area contributed by atoms with Crippen molar-refractivity contribution in [3.63, 3.8) is 0 Å². The van der Waals surface area contributed by atoms with Crippen molar-refractivity contribution in [1.29, 1.82) is 0 Å². The number of rotatable bonds is 11. The van der Waals surface area contributed by atoms with Crippen LogP contribution in [-0.4, -0.2) is 28.5 Å². The van der Waals surface area contributed by atoms with Gasteiger partial charge in [0.2, 0.25) is 5.12 Å². The molecule has 0 heterocycles. The first-order valence-corrected chi connectivity index (χ1v) is 16.5. The van der Waals surface area contributed by atoms with E-state index in [-0.39, 0.29) is 10.8 Å². The molecular weight excluding hydrogens is 499 g/mol. The number of carbonyl (C=O) groups excluding carboxylic acids is 1. The first kappa shape index (κ1) is 26.5. The quantitative estimate of drug-likeness (QED) is 0.183. The van der Waals surface area contributed by atoms with Crippen LogP contribution in [0.25, 0.3) is 0 Å². The van der Waals surface area contributed by atoms with E-state index in [1.807, 2.05) is 30.3 Å². The van der Waals surface area contributed by atoms with E-state index in [1.165, 1.54) is 61.0 Å². The van der Waals surface area contributed by atoms with Gasteiger partial charge in [-0.3, -0.25) is 20.0 Å². The molecule has 2 aromatic carbocycles. The lowest BCUT2D eigenvalue weighted by molar-refractivity contribution is -0.384. The Hall–Kier alpha value is -1.57. The monoisotopic (exact) mass is 532 g/mol. The Kier molecular flexibility index (Phi) is 9.17. The Bertz CT molecular complexity index is 1050. The van der Waals surface area contributed by atoms with Gasteiger partial charge in [-0.2, -0.15) is 0 Å². The van der Waals surface area contributed by atoms with E-state index in [4.69, 9.17) is 4.52 Å². The maximum Gasteiger partial charge on any atom is 0.269 e. The fourth-order valence-electron chi connectivity index (χ4n) is 4.81. The van der Waals surface area contributed by atoms with Crippen LogP contribution >= 0.6 is 29.6 Å². The van der Waals surface area contributed by atoms with Crippen LogP contribution in [0.4, 0.5) is 5.69 Å². The number of thioether (sulfide) groups is 1. The lowest BCUT2D eigenvalue weighted by atomic mass is 10.0. The average molecular weight is 533 g/mol. The van der Waals surface area contributed by atoms with E-state index in [9.17, 15) is 14.9 Å². The number of non-ortho nitro benzene ring substituents is 1. The minimum atomic E-state index is -2.53. The smallest absolute Gasteiger partial charge is 0.269 e. The fraction of sp³-hybridized carbons (Fsp3) is 0.462. The van der Waals surface area contributed by atoms with E-state index >= 15 is 0 Å². The van der Waals surface area contributed by atoms with Gasteiger partial charge in [0.1, 0.15) is 6.47 Å². The van der Waals surface area contributed by atoms with Crippen LogP contribution < -0.4 is 5.09 Å². The predicted molar refractivity (Wildman–Crippen MR) is 148 cm³/mol. The predicted octanol–water partition coefficient (Wildman–Crippen LogP) is 7.45. The van der Waals surface area contributed by atoms with Crippen molar-refractivity contribution < 1.29 is 14.2 Å². The second kappa shape index (κ2) is 12.1. The summed E-state index contributed by atoms with van der Waals surface area (Å²) >= 11 is 2.86. The first-order chi connectivity index (χ1) is 16.9. The maximum atomic E-state index is 13.6. The van der Waals surface area contributed by atoms with Crippen molar-refractivity contribution in [1.82, 2.24) is 5.09 Å². The summed E-state index contributed by atoms with van der Waals surface area (Å²) < 4.78 is 6.55. The van der Waals surface area contributed by atoms with Crippen molar-refractivity contribution in [2.75, 3.05) is 6.61 Å². The highest BCUT2D eigenvalue weighted by Crippen LogP contribution is 2.62. The van der Waals surface area contributed by atoms with Crippen LogP contribution in [0.1, 0.15) is 56.9 Å². The topological polar surface area (TPSA) is 81.5 Å². The average Bonchev–Trinajstić information content (AvgIpc) is 3.55. The molecule has 9 heteroatoms. The highest BCUT2D eigenvalue weighted by atomic mass is 32.7.